The summed E-state index contributed by atoms with van der Waals surface area (Å²) in [5.41, 5.74) is 0.464. The van der Waals surface area contributed by atoms with E-state index in [4.69, 9.17) is 14.2 Å². The molecule has 7 rings (SSSR count). The Kier molecular flexibility index (Phi) is 10.00. The first-order valence-corrected chi connectivity index (χ1v) is 20.4. The summed E-state index contributed by atoms with van der Waals surface area (Å²) < 4.78 is 18.8. The van der Waals surface area contributed by atoms with Gasteiger partial charge in [0.05, 0.1) is 30.3 Å². The van der Waals surface area contributed by atoms with Crippen molar-refractivity contribution in [3.05, 3.63) is 11.6 Å². The Hall–Kier alpha value is -1.44. The van der Waals surface area contributed by atoms with Crippen molar-refractivity contribution in [3.8, 4) is 0 Å². The molecule has 300 valence electrons. The van der Waals surface area contributed by atoms with E-state index in [0.29, 0.717) is 11.8 Å². The maximum Gasteiger partial charge on any atom is 0.310 e. The summed E-state index contributed by atoms with van der Waals surface area (Å²) in [5, 5.41) is 62.5. The SMILES string of the molecule is CC1(C)CCC2(C(=O)O)CCC3(C)C(=CCC4C5(C)CCC(OC6OCC(O)C(=O)C6OC6CC(CO)C(O)C(O)C6O)C(C)(C)C5CCC43C)C2C1. The van der Waals surface area contributed by atoms with Crippen LogP contribution >= 0.6 is 0 Å². The number of carbonyl (C=O) groups is 2. The molecule has 0 aromatic rings. The predicted molar refractivity (Wildman–Crippen MR) is 194 cm³/mol. The van der Waals surface area contributed by atoms with Gasteiger partial charge in [-0.25, -0.2) is 0 Å². The number of ketones is 1. The summed E-state index contributed by atoms with van der Waals surface area (Å²) in [5.74, 6) is -1.23. The molecule has 0 aromatic carbocycles. The zero-order chi connectivity index (χ0) is 38.7. The van der Waals surface area contributed by atoms with Gasteiger partial charge in [0.2, 0.25) is 0 Å². The van der Waals surface area contributed by atoms with Crippen molar-refractivity contribution >= 4 is 11.8 Å². The highest BCUT2D eigenvalue weighted by molar-refractivity contribution is 5.88. The quantitative estimate of drug-likeness (QED) is 0.168. The van der Waals surface area contributed by atoms with Crippen LogP contribution in [-0.4, -0.2) is 105 Å². The topological polar surface area (TPSA) is 183 Å². The Morgan fingerprint density at radius 2 is 1.57 bits per heavy atom. The van der Waals surface area contributed by atoms with Gasteiger partial charge in [-0.1, -0.05) is 60.1 Å². The van der Waals surface area contributed by atoms with E-state index in [0.717, 1.165) is 64.2 Å². The molecule has 7 aliphatic rings. The van der Waals surface area contributed by atoms with Gasteiger partial charge in [-0.3, -0.25) is 9.59 Å². The van der Waals surface area contributed by atoms with Gasteiger partial charge < -0.3 is 44.8 Å². The minimum Gasteiger partial charge on any atom is -0.481 e. The molecule has 0 radical (unpaired) electrons. The predicted octanol–water partition coefficient (Wildman–Crippen LogP) is 4.39. The molecule has 0 bridgehead atoms. The highest BCUT2D eigenvalue weighted by Crippen LogP contribution is 2.76. The highest BCUT2D eigenvalue weighted by atomic mass is 16.7. The normalized spacial score (nSPS) is 51.9. The summed E-state index contributed by atoms with van der Waals surface area (Å²) in [6, 6.07) is 0. The molecule has 6 aliphatic carbocycles. The number of aliphatic hydroxyl groups is 5. The van der Waals surface area contributed by atoms with E-state index in [2.05, 4.69) is 54.5 Å². The molecule has 16 atom stereocenters. The minimum absolute atomic E-state index is 0.00285. The summed E-state index contributed by atoms with van der Waals surface area (Å²) in [4.78, 5) is 26.4. The fourth-order valence-electron chi connectivity index (χ4n) is 13.7. The Morgan fingerprint density at radius 1 is 0.868 bits per heavy atom. The number of carboxylic acids is 1. The van der Waals surface area contributed by atoms with Gasteiger partial charge in [0.1, 0.15) is 18.3 Å². The van der Waals surface area contributed by atoms with Gasteiger partial charge in [0.25, 0.3) is 0 Å². The Bertz CT molecular complexity index is 1470. The number of hydrogen-bond donors (Lipinski definition) is 6. The maximum atomic E-state index is 13.4. The van der Waals surface area contributed by atoms with Crippen LogP contribution in [0.5, 0.6) is 0 Å². The van der Waals surface area contributed by atoms with Gasteiger partial charge in [-0.05, 0) is 115 Å². The number of aliphatic carboxylic acids is 1. The molecule has 1 heterocycles. The van der Waals surface area contributed by atoms with Crippen molar-refractivity contribution in [3.63, 3.8) is 0 Å². The van der Waals surface area contributed by atoms with Crippen LogP contribution in [0.4, 0.5) is 0 Å². The third-order valence-corrected chi connectivity index (χ3v) is 17.2. The molecule has 11 nitrogen and oxygen atoms in total. The zero-order valence-electron chi connectivity index (χ0n) is 32.9. The number of Topliss-reactive ketones (excluding diaryl/α,β-unsaturated/α-hetero) is 1. The van der Waals surface area contributed by atoms with Crippen LogP contribution in [0.15, 0.2) is 11.6 Å². The monoisotopic (exact) mass is 746 g/mol. The van der Waals surface area contributed by atoms with Gasteiger partial charge in [-0.15, -0.1) is 0 Å². The number of rotatable bonds is 6. The first kappa shape index (κ1) is 39.8. The van der Waals surface area contributed by atoms with Crippen molar-refractivity contribution in [2.45, 2.75) is 168 Å². The lowest BCUT2D eigenvalue weighted by atomic mass is 9.33. The molecular weight excluding hydrogens is 680 g/mol. The number of fused-ring (bicyclic) bond motifs is 7. The van der Waals surface area contributed by atoms with E-state index in [-0.39, 0.29) is 52.1 Å². The van der Waals surface area contributed by atoms with Crippen LogP contribution in [0.3, 0.4) is 0 Å². The summed E-state index contributed by atoms with van der Waals surface area (Å²) in [7, 11) is 0. The lowest BCUT2D eigenvalue weighted by Crippen LogP contribution is -2.65. The molecule has 5 saturated carbocycles. The lowest BCUT2D eigenvalue weighted by Gasteiger charge is -2.71. The van der Waals surface area contributed by atoms with Gasteiger partial charge in [0.15, 0.2) is 18.2 Å². The Morgan fingerprint density at radius 3 is 2.25 bits per heavy atom. The van der Waals surface area contributed by atoms with E-state index in [1.54, 1.807) is 0 Å². The first-order chi connectivity index (χ1) is 24.7. The van der Waals surface area contributed by atoms with E-state index < -0.39 is 72.6 Å². The fourth-order valence-corrected chi connectivity index (χ4v) is 13.7. The largest absolute Gasteiger partial charge is 0.481 e. The highest BCUT2D eigenvalue weighted by Gasteiger charge is 2.69. The van der Waals surface area contributed by atoms with E-state index >= 15 is 0 Å². The van der Waals surface area contributed by atoms with E-state index in [9.17, 15) is 40.2 Å². The second-order valence-corrected chi connectivity index (χ2v) is 20.5. The molecule has 0 aromatic heterocycles. The van der Waals surface area contributed by atoms with Crippen LogP contribution in [-0.2, 0) is 23.8 Å². The van der Waals surface area contributed by atoms with Crippen LogP contribution in [0.2, 0.25) is 0 Å². The van der Waals surface area contributed by atoms with Crippen molar-refractivity contribution in [1.29, 1.82) is 0 Å². The number of allylic oxidation sites excluding steroid dienone is 2. The van der Waals surface area contributed by atoms with Gasteiger partial charge >= 0.3 is 5.97 Å². The van der Waals surface area contributed by atoms with Gasteiger partial charge in [0, 0.05) is 12.5 Å². The van der Waals surface area contributed by atoms with Crippen molar-refractivity contribution in [2.24, 2.45) is 56.2 Å². The second-order valence-electron chi connectivity index (χ2n) is 20.5. The number of hydrogen-bond acceptors (Lipinski definition) is 10. The van der Waals surface area contributed by atoms with Crippen molar-refractivity contribution < 1.29 is 54.4 Å². The average molecular weight is 747 g/mol. The molecule has 53 heavy (non-hydrogen) atoms. The van der Waals surface area contributed by atoms with Crippen molar-refractivity contribution in [1.82, 2.24) is 0 Å². The maximum absolute atomic E-state index is 13.4. The molecule has 11 heteroatoms. The van der Waals surface area contributed by atoms with Crippen LogP contribution in [0.1, 0.15) is 119 Å². The number of carboxylic acid groups (broad SMARTS) is 1. The van der Waals surface area contributed by atoms with Crippen LogP contribution in [0, 0.1) is 56.2 Å². The molecule has 6 N–H and O–H groups in total. The lowest BCUT2D eigenvalue weighted by molar-refractivity contribution is -0.296. The third-order valence-electron chi connectivity index (χ3n) is 17.2. The average Bonchev–Trinajstić information content (AvgIpc) is 3.08. The second kappa shape index (κ2) is 13.3. The third kappa shape index (κ3) is 5.87. The molecule has 6 fully saturated rings. The number of ether oxygens (including phenoxy) is 3. The molecule has 16 unspecified atom stereocenters. The van der Waals surface area contributed by atoms with Crippen molar-refractivity contribution in [2.75, 3.05) is 13.2 Å². The molecule has 0 spiro atoms. The summed E-state index contributed by atoms with van der Waals surface area (Å²) >= 11 is 0. The molecule has 1 saturated heterocycles. The molecular formula is C42H66O11. The van der Waals surface area contributed by atoms with Gasteiger partial charge in [-0.2, -0.15) is 0 Å². The fraction of sp³-hybridized carbons (Fsp3) is 0.905. The first-order valence-electron chi connectivity index (χ1n) is 20.4. The van der Waals surface area contributed by atoms with E-state index in [1.165, 1.54) is 5.57 Å². The Balaban J connectivity index is 1.13. The Labute approximate surface area is 314 Å². The molecule has 1 aliphatic heterocycles. The summed E-state index contributed by atoms with van der Waals surface area (Å²) in [6.45, 7) is 15.9. The smallest absolute Gasteiger partial charge is 0.310 e. The van der Waals surface area contributed by atoms with Crippen LogP contribution in [0.25, 0.3) is 0 Å². The van der Waals surface area contributed by atoms with E-state index in [1.807, 2.05) is 0 Å². The minimum atomic E-state index is -1.57. The van der Waals surface area contributed by atoms with Crippen LogP contribution < -0.4 is 0 Å². The summed E-state index contributed by atoms with van der Waals surface area (Å²) in [6.07, 6.45) is 1.61. The molecule has 0 amide bonds. The zero-order valence-corrected chi connectivity index (χ0v) is 32.9. The number of carbonyl (C=O) groups excluding carboxylic acids is 1. The number of aliphatic hydroxyl groups excluding tert-OH is 5. The standard InChI is InChI=1S/C42H66O11/c1-37(2)14-16-42(36(49)50)17-15-40(6)23(24(42)19-37)8-9-28-39(5)12-11-29(38(3,4)27(39)10-13-41(28,40)7)53-35-34(31(46)25(44)21-51-35)52-26-18-22(20-43)30(45)33(48)32(26)47/h8,22,24-30,32-35,43-45,47-48H,9-21H2,1-7H3,(H,49,50).